The van der Waals surface area contributed by atoms with Crippen LogP contribution in [0.5, 0.6) is 0 Å². The van der Waals surface area contributed by atoms with Crippen LogP contribution in [0.3, 0.4) is 0 Å². The lowest BCUT2D eigenvalue weighted by Crippen LogP contribution is -2.60. The minimum absolute atomic E-state index is 0.105. The standard InChI is InChI=1S/C15H21FN2O3S/c1-11-4-3-5-12(16)15(11)22(19,20)18-8-9-21-14-6-7-17(2)10-13(14)18/h3-5,13-14H,6-10H2,1-2H3/t13-,14-/m0/s1. The number of hydrogen-bond donors (Lipinski definition) is 0. The van der Waals surface area contributed by atoms with Gasteiger partial charge in [-0.2, -0.15) is 4.31 Å². The Hall–Kier alpha value is -1.02. The van der Waals surface area contributed by atoms with Gasteiger partial charge in [-0.05, 0) is 32.0 Å². The van der Waals surface area contributed by atoms with Crippen molar-refractivity contribution in [1.29, 1.82) is 0 Å². The number of piperidine rings is 1. The zero-order valence-electron chi connectivity index (χ0n) is 12.8. The second-order valence-corrected chi connectivity index (χ2v) is 7.86. The predicted octanol–water partition coefficient (Wildman–Crippen LogP) is 1.23. The van der Waals surface area contributed by atoms with E-state index in [0.29, 0.717) is 18.7 Å². The molecule has 2 aliphatic heterocycles. The molecule has 22 heavy (non-hydrogen) atoms. The molecule has 7 heteroatoms. The van der Waals surface area contributed by atoms with Gasteiger partial charge in [-0.15, -0.1) is 0 Å². The molecule has 0 aliphatic carbocycles. The summed E-state index contributed by atoms with van der Waals surface area (Å²) in [6, 6.07) is 4.10. The highest BCUT2D eigenvalue weighted by molar-refractivity contribution is 7.89. The van der Waals surface area contributed by atoms with Crippen LogP contribution in [0.25, 0.3) is 0 Å². The Bertz CT molecular complexity index is 645. The Morgan fingerprint density at radius 1 is 1.32 bits per heavy atom. The van der Waals surface area contributed by atoms with Gasteiger partial charge in [0.15, 0.2) is 0 Å². The highest BCUT2D eigenvalue weighted by Crippen LogP contribution is 2.30. The maximum Gasteiger partial charge on any atom is 0.246 e. The average molecular weight is 328 g/mol. The third-order valence-electron chi connectivity index (χ3n) is 4.47. The molecule has 2 atom stereocenters. The maximum absolute atomic E-state index is 14.2. The zero-order chi connectivity index (χ0) is 15.9. The molecule has 0 aromatic heterocycles. The van der Waals surface area contributed by atoms with Gasteiger partial charge in [-0.25, -0.2) is 12.8 Å². The zero-order valence-corrected chi connectivity index (χ0v) is 13.6. The summed E-state index contributed by atoms with van der Waals surface area (Å²) in [7, 11) is -1.90. The average Bonchev–Trinajstić information content (AvgIpc) is 2.46. The molecule has 0 bridgehead atoms. The first-order valence-electron chi connectivity index (χ1n) is 7.48. The topological polar surface area (TPSA) is 49.9 Å². The number of morpholine rings is 1. The minimum atomic E-state index is -3.87. The van der Waals surface area contributed by atoms with Crippen LogP contribution < -0.4 is 0 Å². The first-order chi connectivity index (χ1) is 10.4. The van der Waals surface area contributed by atoms with E-state index in [0.717, 1.165) is 13.0 Å². The van der Waals surface area contributed by atoms with E-state index in [1.54, 1.807) is 13.0 Å². The van der Waals surface area contributed by atoms with Gasteiger partial charge in [0, 0.05) is 19.6 Å². The lowest BCUT2D eigenvalue weighted by Gasteiger charge is -2.45. The van der Waals surface area contributed by atoms with Gasteiger partial charge in [0.2, 0.25) is 10.0 Å². The van der Waals surface area contributed by atoms with E-state index in [1.807, 2.05) is 7.05 Å². The lowest BCUT2D eigenvalue weighted by molar-refractivity contribution is -0.0720. The Morgan fingerprint density at radius 2 is 2.09 bits per heavy atom. The summed E-state index contributed by atoms with van der Waals surface area (Å²) in [5.74, 6) is -0.688. The van der Waals surface area contributed by atoms with Crippen molar-refractivity contribution in [3.05, 3.63) is 29.6 Å². The molecule has 2 fully saturated rings. The van der Waals surface area contributed by atoms with Crippen LogP contribution in [0, 0.1) is 12.7 Å². The van der Waals surface area contributed by atoms with Crippen LogP contribution in [0.2, 0.25) is 0 Å². The Kier molecular flexibility index (Phi) is 4.24. The van der Waals surface area contributed by atoms with Gasteiger partial charge in [0.1, 0.15) is 10.7 Å². The van der Waals surface area contributed by atoms with Gasteiger partial charge in [-0.1, -0.05) is 12.1 Å². The largest absolute Gasteiger partial charge is 0.375 e. The molecule has 1 aromatic rings. The van der Waals surface area contributed by atoms with E-state index in [1.165, 1.54) is 16.4 Å². The van der Waals surface area contributed by atoms with Crippen LogP contribution in [-0.2, 0) is 14.8 Å². The van der Waals surface area contributed by atoms with Gasteiger partial charge in [0.05, 0.1) is 18.8 Å². The summed E-state index contributed by atoms with van der Waals surface area (Å²) in [6.45, 7) is 3.74. The van der Waals surface area contributed by atoms with Crippen LogP contribution in [0.15, 0.2) is 23.1 Å². The molecule has 0 N–H and O–H groups in total. The Morgan fingerprint density at radius 3 is 2.82 bits per heavy atom. The van der Waals surface area contributed by atoms with Crippen molar-refractivity contribution in [2.45, 2.75) is 30.4 Å². The summed E-state index contributed by atoms with van der Waals surface area (Å²) in [4.78, 5) is 1.89. The third-order valence-corrected chi connectivity index (χ3v) is 6.57. The number of sulfonamides is 1. The molecule has 0 amide bonds. The molecular formula is C15H21FN2O3S. The fraction of sp³-hybridized carbons (Fsp3) is 0.600. The summed E-state index contributed by atoms with van der Waals surface area (Å²) in [5, 5.41) is 0. The number of nitrogens with zero attached hydrogens (tertiary/aromatic N) is 2. The van der Waals surface area contributed by atoms with Crippen LogP contribution in [-0.4, -0.2) is 63.1 Å². The fourth-order valence-corrected chi connectivity index (χ4v) is 5.26. The Labute approximate surface area is 130 Å². The van der Waals surface area contributed by atoms with Crippen molar-refractivity contribution >= 4 is 10.0 Å². The summed E-state index contributed by atoms with van der Waals surface area (Å²) in [5.41, 5.74) is 0.437. The van der Waals surface area contributed by atoms with Gasteiger partial charge < -0.3 is 9.64 Å². The van der Waals surface area contributed by atoms with E-state index >= 15 is 0 Å². The maximum atomic E-state index is 14.2. The molecule has 2 aliphatic rings. The van der Waals surface area contributed by atoms with Crippen molar-refractivity contribution in [3.63, 3.8) is 0 Å². The van der Waals surface area contributed by atoms with Crippen molar-refractivity contribution in [3.8, 4) is 0 Å². The summed E-state index contributed by atoms with van der Waals surface area (Å²) < 4.78 is 47.3. The van der Waals surface area contributed by atoms with E-state index in [-0.39, 0.29) is 23.6 Å². The number of hydrogen-bond acceptors (Lipinski definition) is 4. The highest BCUT2D eigenvalue weighted by atomic mass is 32.2. The van der Waals surface area contributed by atoms with Gasteiger partial charge >= 0.3 is 0 Å². The molecule has 3 rings (SSSR count). The molecule has 0 radical (unpaired) electrons. The molecule has 0 spiro atoms. The van der Waals surface area contributed by atoms with Crippen molar-refractivity contribution in [2.24, 2.45) is 0 Å². The number of rotatable bonds is 2. The lowest BCUT2D eigenvalue weighted by atomic mass is 10.0. The smallest absolute Gasteiger partial charge is 0.246 e. The molecule has 122 valence electrons. The summed E-state index contributed by atoms with van der Waals surface area (Å²) >= 11 is 0. The van der Waals surface area contributed by atoms with Crippen molar-refractivity contribution in [1.82, 2.24) is 9.21 Å². The van der Waals surface area contributed by atoms with E-state index < -0.39 is 15.8 Å². The first kappa shape index (κ1) is 15.9. The third kappa shape index (κ3) is 2.67. The van der Waals surface area contributed by atoms with Crippen molar-refractivity contribution < 1.29 is 17.5 Å². The molecular weight excluding hydrogens is 307 g/mol. The quantitative estimate of drug-likeness (QED) is 0.819. The fourth-order valence-electron chi connectivity index (χ4n) is 3.36. The second-order valence-electron chi connectivity index (χ2n) is 6.03. The Balaban J connectivity index is 2.00. The number of ether oxygens (including phenoxy) is 1. The van der Waals surface area contributed by atoms with E-state index in [2.05, 4.69) is 4.90 Å². The van der Waals surface area contributed by atoms with Gasteiger partial charge in [0.25, 0.3) is 0 Å². The number of likely N-dealkylation sites (N-methyl/N-ethyl adjacent to an activating group) is 1. The summed E-state index contributed by atoms with van der Waals surface area (Å²) in [6.07, 6.45) is 0.690. The first-order valence-corrected chi connectivity index (χ1v) is 8.92. The van der Waals surface area contributed by atoms with Crippen LogP contribution in [0.4, 0.5) is 4.39 Å². The van der Waals surface area contributed by atoms with Gasteiger partial charge in [-0.3, -0.25) is 0 Å². The number of halogens is 1. The van der Waals surface area contributed by atoms with Crippen LogP contribution >= 0.6 is 0 Å². The number of aryl methyl sites for hydroxylation is 1. The molecule has 0 unspecified atom stereocenters. The van der Waals surface area contributed by atoms with Crippen molar-refractivity contribution in [2.75, 3.05) is 33.3 Å². The normalized spacial score (nSPS) is 27.6. The minimum Gasteiger partial charge on any atom is -0.375 e. The monoisotopic (exact) mass is 328 g/mol. The number of fused-ring (bicyclic) bond motifs is 1. The highest BCUT2D eigenvalue weighted by Gasteiger charge is 2.43. The predicted molar refractivity (Wildman–Crippen MR) is 80.7 cm³/mol. The van der Waals surface area contributed by atoms with E-state index in [9.17, 15) is 12.8 Å². The molecule has 2 saturated heterocycles. The number of benzene rings is 1. The van der Waals surface area contributed by atoms with Crippen LogP contribution in [0.1, 0.15) is 12.0 Å². The SMILES string of the molecule is Cc1cccc(F)c1S(=O)(=O)N1CCO[C@H]2CCN(C)C[C@@H]21. The van der Waals surface area contributed by atoms with E-state index in [4.69, 9.17) is 4.74 Å². The molecule has 2 heterocycles. The number of likely N-dealkylation sites (tertiary alicyclic amines) is 1. The molecule has 1 aromatic carbocycles. The molecule has 5 nitrogen and oxygen atoms in total. The molecule has 0 saturated carbocycles. The second kappa shape index (κ2) is 5.88.